The van der Waals surface area contributed by atoms with Gasteiger partial charge in [0.2, 0.25) is 5.43 Å². The molecule has 1 N–H and O–H groups in total. The molecule has 0 aliphatic carbocycles. The van der Waals surface area contributed by atoms with E-state index in [1.165, 1.54) is 5.56 Å². The quantitative estimate of drug-likeness (QED) is 0.942. The lowest BCUT2D eigenvalue weighted by Gasteiger charge is -2.14. The first kappa shape index (κ1) is 13.9. The molecule has 1 aliphatic rings. The number of aromatic nitrogens is 1. The van der Waals surface area contributed by atoms with Crippen LogP contribution < -0.4 is 10.7 Å². The summed E-state index contributed by atoms with van der Waals surface area (Å²) >= 11 is 0. The van der Waals surface area contributed by atoms with Crippen LogP contribution in [0.4, 0.5) is 0 Å². The molecule has 2 atom stereocenters. The smallest absolute Gasteiger partial charge is 0.256 e. The van der Waals surface area contributed by atoms with E-state index in [1.54, 1.807) is 6.20 Å². The molecule has 110 valence electrons. The largest absolute Gasteiger partial charge is 0.349 e. The lowest BCUT2D eigenvalue weighted by molar-refractivity contribution is 0.0937. The molecular formula is C17H20N2O2. The van der Waals surface area contributed by atoms with Gasteiger partial charge in [-0.25, -0.2) is 0 Å². The highest BCUT2D eigenvalue weighted by Crippen LogP contribution is 2.30. The lowest BCUT2D eigenvalue weighted by Crippen LogP contribution is -2.35. The van der Waals surface area contributed by atoms with Crippen molar-refractivity contribution in [2.45, 2.75) is 45.7 Å². The van der Waals surface area contributed by atoms with Gasteiger partial charge in [0.1, 0.15) is 5.56 Å². The maximum Gasteiger partial charge on any atom is 0.256 e. The van der Waals surface area contributed by atoms with Crippen LogP contribution in [0.5, 0.6) is 0 Å². The molecule has 4 nitrogen and oxygen atoms in total. The Labute approximate surface area is 123 Å². The van der Waals surface area contributed by atoms with Crippen molar-refractivity contribution in [2.75, 3.05) is 0 Å². The molecule has 1 aromatic carbocycles. The van der Waals surface area contributed by atoms with Gasteiger partial charge in [-0.3, -0.25) is 9.59 Å². The summed E-state index contributed by atoms with van der Waals surface area (Å²) in [5.74, 6) is -0.274. The van der Waals surface area contributed by atoms with Crippen molar-refractivity contribution in [3.05, 3.63) is 45.7 Å². The second-order valence-electron chi connectivity index (χ2n) is 5.93. The Kier molecular flexibility index (Phi) is 3.32. The second-order valence-corrected chi connectivity index (χ2v) is 5.93. The average molecular weight is 284 g/mol. The molecule has 3 rings (SSSR count). The molecule has 0 radical (unpaired) electrons. The van der Waals surface area contributed by atoms with Crippen LogP contribution in [-0.2, 0) is 6.42 Å². The van der Waals surface area contributed by atoms with Crippen molar-refractivity contribution in [1.82, 2.24) is 9.88 Å². The van der Waals surface area contributed by atoms with Crippen molar-refractivity contribution < 1.29 is 4.79 Å². The molecule has 0 fully saturated rings. The van der Waals surface area contributed by atoms with Gasteiger partial charge in [-0.1, -0.05) is 19.1 Å². The Balaban J connectivity index is 2.17. The second kappa shape index (κ2) is 5.02. The van der Waals surface area contributed by atoms with E-state index < -0.39 is 0 Å². The van der Waals surface area contributed by atoms with E-state index in [4.69, 9.17) is 0 Å². The zero-order valence-electron chi connectivity index (χ0n) is 12.6. The van der Waals surface area contributed by atoms with Crippen LogP contribution >= 0.6 is 0 Å². The maximum absolute atomic E-state index is 12.6. The van der Waals surface area contributed by atoms with E-state index in [2.05, 4.69) is 22.9 Å². The van der Waals surface area contributed by atoms with Crippen LogP contribution in [0.2, 0.25) is 0 Å². The molecule has 0 saturated carbocycles. The Morgan fingerprint density at radius 3 is 2.95 bits per heavy atom. The van der Waals surface area contributed by atoms with E-state index in [0.29, 0.717) is 5.39 Å². The van der Waals surface area contributed by atoms with Crippen LogP contribution in [0.3, 0.4) is 0 Å². The zero-order chi connectivity index (χ0) is 15.1. The van der Waals surface area contributed by atoms with Gasteiger partial charge in [-0.05, 0) is 38.3 Å². The van der Waals surface area contributed by atoms with Gasteiger partial charge in [-0.15, -0.1) is 0 Å². The first-order valence-corrected chi connectivity index (χ1v) is 7.50. The fourth-order valence-electron chi connectivity index (χ4n) is 2.98. The first-order chi connectivity index (χ1) is 10.0. The van der Waals surface area contributed by atoms with E-state index in [0.717, 1.165) is 18.4 Å². The number of carbonyl (C=O) groups excluding carboxylic acids is 1. The molecule has 2 heterocycles. The van der Waals surface area contributed by atoms with E-state index in [-0.39, 0.29) is 29.0 Å². The minimum absolute atomic E-state index is 0.0648. The fraction of sp³-hybridized carbons (Fsp3) is 0.412. The molecular weight excluding hydrogens is 264 g/mol. The minimum Gasteiger partial charge on any atom is -0.349 e. The van der Waals surface area contributed by atoms with Crippen LogP contribution in [0.1, 0.15) is 49.2 Å². The van der Waals surface area contributed by atoms with Crippen LogP contribution in [0, 0.1) is 0 Å². The Morgan fingerprint density at radius 2 is 2.24 bits per heavy atom. The molecule has 0 saturated heterocycles. The summed E-state index contributed by atoms with van der Waals surface area (Å²) < 4.78 is 2.07. The number of rotatable bonds is 3. The van der Waals surface area contributed by atoms with Crippen LogP contribution in [0.25, 0.3) is 10.9 Å². The third kappa shape index (κ3) is 2.15. The third-order valence-corrected chi connectivity index (χ3v) is 4.36. The molecule has 1 aliphatic heterocycles. The SMILES string of the molecule is CC[C@H](C)NC(=O)c1cn2c3c(cccc3c1=O)C[C@@H]2C. The number of hydrogen-bond acceptors (Lipinski definition) is 2. The van der Waals surface area contributed by atoms with Crippen molar-refractivity contribution in [1.29, 1.82) is 0 Å². The number of hydrogen-bond donors (Lipinski definition) is 1. The predicted molar refractivity (Wildman–Crippen MR) is 83.8 cm³/mol. The summed E-state index contributed by atoms with van der Waals surface area (Å²) in [5, 5.41) is 3.53. The van der Waals surface area contributed by atoms with Crippen molar-refractivity contribution >= 4 is 16.8 Å². The monoisotopic (exact) mass is 284 g/mol. The van der Waals surface area contributed by atoms with Gasteiger partial charge in [0.05, 0.1) is 5.52 Å². The Morgan fingerprint density at radius 1 is 1.48 bits per heavy atom. The summed E-state index contributed by atoms with van der Waals surface area (Å²) in [6.45, 7) is 6.06. The molecule has 21 heavy (non-hydrogen) atoms. The van der Waals surface area contributed by atoms with Gasteiger partial charge in [-0.2, -0.15) is 0 Å². The normalized spacial score (nSPS) is 18.0. The molecule has 0 bridgehead atoms. The standard InChI is InChI=1S/C17H20N2O2/c1-4-10(2)18-17(21)14-9-19-11(3)8-12-6-5-7-13(15(12)19)16(14)20/h5-7,9-11H,4,8H2,1-3H3,(H,18,21)/t10-,11-/m0/s1. The Bertz CT molecular complexity index is 776. The van der Waals surface area contributed by atoms with Crippen LogP contribution in [-0.4, -0.2) is 16.5 Å². The molecule has 1 amide bonds. The van der Waals surface area contributed by atoms with Crippen molar-refractivity contribution in [3.63, 3.8) is 0 Å². The average Bonchev–Trinajstić information content (AvgIpc) is 2.79. The van der Waals surface area contributed by atoms with Gasteiger partial charge < -0.3 is 9.88 Å². The topological polar surface area (TPSA) is 51.1 Å². The van der Waals surface area contributed by atoms with E-state index >= 15 is 0 Å². The fourth-order valence-corrected chi connectivity index (χ4v) is 2.98. The van der Waals surface area contributed by atoms with Crippen LogP contribution in [0.15, 0.2) is 29.2 Å². The third-order valence-electron chi connectivity index (χ3n) is 4.36. The number of para-hydroxylation sites is 1. The number of benzene rings is 1. The number of pyridine rings is 1. The van der Waals surface area contributed by atoms with Gasteiger partial charge in [0, 0.05) is 23.7 Å². The van der Waals surface area contributed by atoms with E-state index in [1.807, 2.05) is 26.0 Å². The van der Waals surface area contributed by atoms with Gasteiger partial charge >= 0.3 is 0 Å². The summed E-state index contributed by atoms with van der Waals surface area (Å²) in [6, 6.07) is 6.12. The summed E-state index contributed by atoms with van der Waals surface area (Å²) in [6.07, 6.45) is 3.48. The highest BCUT2D eigenvalue weighted by Gasteiger charge is 2.24. The first-order valence-electron chi connectivity index (χ1n) is 7.50. The number of nitrogens with one attached hydrogen (secondary N) is 1. The van der Waals surface area contributed by atoms with Gasteiger partial charge in [0.25, 0.3) is 5.91 Å². The summed E-state index contributed by atoms with van der Waals surface area (Å²) in [5.41, 5.74) is 2.24. The highest BCUT2D eigenvalue weighted by atomic mass is 16.2. The molecule has 0 unspecified atom stereocenters. The number of carbonyl (C=O) groups is 1. The van der Waals surface area contributed by atoms with Gasteiger partial charge in [0.15, 0.2) is 0 Å². The number of amides is 1. The number of nitrogens with zero attached hydrogens (tertiary/aromatic N) is 1. The Hall–Kier alpha value is -2.10. The zero-order valence-corrected chi connectivity index (χ0v) is 12.6. The van der Waals surface area contributed by atoms with Crippen molar-refractivity contribution in [2.24, 2.45) is 0 Å². The molecule has 0 spiro atoms. The summed E-state index contributed by atoms with van der Waals surface area (Å²) in [4.78, 5) is 25.0. The summed E-state index contributed by atoms with van der Waals surface area (Å²) in [7, 11) is 0. The highest BCUT2D eigenvalue weighted by molar-refractivity contribution is 5.98. The molecule has 1 aromatic heterocycles. The predicted octanol–water partition coefficient (Wildman–Crippen LogP) is 2.65. The van der Waals surface area contributed by atoms with E-state index in [9.17, 15) is 9.59 Å². The minimum atomic E-state index is -0.274. The van der Waals surface area contributed by atoms with Crippen molar-refractivity contribution in [3.8, 4) is 0 Å². The maximum atomic E-state index is 12.6. The lowest BCUT2D eigenvalue weighted by atomic mass is 10.1. The molecule has 2 aromatic rings. The molecule has 4 heteroatoms.